The lowest BCUT2D eigenvalue weighted by Crippen LogP contribution is -2.00. The summed E-state index contributed by atoms with van der Waals surface area (Å²) in [4.78, 5) is 13.2. The van der Waals surface area contributed by atoms with E-state index in [1.807, 2.05) is 50.4 Å². The van der Waals surface area contributed by atoms with Crippen LogP contribution in [0.1, 0.15) is 35.8 Å². The summed E-state index contributed by atoms with van der Waals surface area (Å²) in [6.45, 7) is 4.06. The Morgan fingerprint density at radius 3 is 2.55 bits per heavy atom. The molecule has 20 heavy (non-hydrogen) atoms. The van der Waals surface area contributed by atoms with Crippen LogP contribution in [0.2, 0.25) is 0 Å². The fraction of sp³-hybridized carbons (Fsp3) is 0.250. The SMILES string of the molecule is CSc1ccc(C=CC(=O)c2cnn(C(C)C)c2)cc1. The van der Waals surface area contributed by atoms with Crippen LogP contribution in [0.3, 0.4) is 0 Å². The number of nitrogens with zero attached hydrogens (tertiary/aromatic N) is 2. The summed E-state index contributed by atoms with van der Waals surface area (Å²) in [5, 5.41) is 4.17. The van der Waals surface area contributed by atoms with Crippen LogP contribution in [0.15, 0.2) is 47.6 Å². The molecule has 0 bridgehead atoms. The first-order valence-corrected chi connectivity index (χ1v) is 7.73. The van der Waals surface area contributed by atoms with E-state index in [0.29, 0.717) is 5.56 Å². The summed E-state index contributed by atoms with van der Waals surface area (Å²) in [6, 6.07) is 8.37. The summed E-state index contributed by atoms with van der Waals surface area (Å²) in [5.41, 5.74) is 1.64. The van der Waals surface area contributed by atoms with Crippen LogP contribution in [0.25, 0.3) is 6.08 Å². The van der Waals surface area contributed by atoms with Crippen LogP contribution in [0.4, 0.5) is 0 Å². The molecule has 0 aliphatic rings. The first-order chi connectivity index (χ1) is 9.60. The predicted octanol–water partition coefficient (Wildman–Crippen LogP) is 4.08. The van der Waals surface area contributed by atoms with Crippen molar-refractivity contribution in [1.82, 2.24) is 9.78 Å². The molecule has 1 aromatic carbocycles. The predicted molar refractivity (Wildman–Crippen MR) is 84.2 cm³/mol. The summed E-state index contributed by atoms with van der Waals surface area (Å²) >= 11 is 1.70. The Labute approximate surface area is 123 Å². The number of rotatable bonds is 5. The van der Waals surface area contributed by atoms with Crippen molar-refractivity contribution in [2.24, 2.45) is 0 Å². The van der Waals surface area contributed by atoms with Gasteiger partial charge in [-0.2, -0.15) is 5.10 Å². The number of thioether (sulfide) groups is 1. The van der Waals surface area contributed by atoms with Crippen LogP contribution < -0.4 is 0 Å². The van der Waals surface area contributed by atoms with E-state index in [1.165, 1.54) is 4.90 Å². The highest BCUT2D eigenvalue weighted by atomic mass is 32.2. The number of ketones is 1. The second kappa shape index (κ2) is 6.57. The standard InChI is InChI=1S/C16H18N2OS/c1-12(2)18-11-14(10-17-18)16(19)9-6-13-4-7-15(20-3)8-5-13/h4-12H,1-3H3. The molecule has 1 aromatic heterocycles. The van der Waals surface area contributed by atoms with E-state index in [2.05, 4.69) is 5.10 Å². The van der Waals surface area contributed by atoms with Crippen LogP contribution in [-0.4, -0.2) is 21.8 Å². The van der Waals surface area contributed by atoms with Crippen molar-refractivity contribution >= 4 is 23.6 Å². The minimum Gasteiger partial charge on any atom is -0.289 e. The molecule has 1 heterocycles. The normalized spacial score (nSPS) is 11.4. The van der Waals surface area contributed by atoms with Gasteiger partial charge in [0.2, 0.25) is 0 Å². The molecule has 0 unspecified atom stereocenters. The lowest BCUT2D eigenvalue weighted by atomic mass is 10.1. The van der Waals surface area contributed by atoms with Crippen LogP contribution in [-0.2, 0) is 0 Å². The van der Waals surface area contributed by atoms with Crippen molar-refractivity contribution < 1.29 is 4.79 Å². The second-order valence-electron chi connectivity index (χ2n) is 4.77. The smallest absolute Gasteiger partial charge is 0.189 e. The number of allylic oxidation sites excluding steroid dienone is 1. The van der Waals surface area contributed by atoms with Crippen molar-refractivity contribution in [1.29, 1.82) is 0 Å². The molecule has 104 valence electrons. The minimum absolute atomic E-state index is 0.0224. The molecule has 0 spiro atoms. The maximum absolute atomic E-state index is 12.0. The zero-order valence-electron chi connectivity index (χ0n) is 11.9. The van der Waals surface area contributed by atoms with Gasteiger partial charge in [-0.1, -0.05) is 18.2 Å². The van der Waals surface area contributed by atoms with Gasteiger partial charge in [0.05, 0.1) is 11.8 Å². The number of benzene rings is 1. The molecule has 2 aromatic rings. The second-order valence-corrected chi connectivity index (χ2v) is 5.65. The third kappa shape index (κ3) is 3.61. The summed E-state index contributed by atoms with van der Waals surface area (Å²) in [7, 11) is 0. The highest BCUT2D eigenvalue weighted by molar-refractivity contribution is 7.98. The van der Waals surface area contributed by atoms with Crippen LogP contribution in [0, 0.1) is 0 Å². The highest BCUT2D eigenvalue weighted by Crippen LogP contribution is 2.15. The molecule has 0 fully saturated rings. The Morgan fingerprint density at radius 1 is 1.30 bits per heavy atom. The first-order valence-electron chi connectivity index (χ1n) is 6.51. The Kier molecular flexibility index (Phi) is 4.79. The topological polar surface area (TPSA) is 34.9 Å². The molecular formula is C16H18N2OS. The minimum atomic E-state index is -0.0224. The molecule has 0 atom stereocenters. The molecule has 0 N–H and O–H groups in total. The summed E-state index contributed by atoms with van der Waals surface area (Å²) in [5.74, 6) is -0.0224. The van der Waals surface area contributed by atoms with Crippen molar-refractivity contribution in [3.05, 3.63) is 53.9 Å². The van der Waals surface area contributed by atoms with E-state index < -0.39 is 0 Å². The average Bonchev–Trinajstić information content (AvgIpc) is 2.95. The Balaban J connectivity index is 2.07. The van der Waals surface area contributed by atoms with Gasteiger partial charge < -0.3 is 0 Å². The Morgan fingerprint density at radius 2 is 2.00 bits per heavy atom. The maximum atomic E-state index is 12.0. The van der Waals surface area contributed by atoms with E-state index in [9.17, 15) is 4.79 Å². The van der Waals surface area contributed by atoms with Crippen molar-refractivity contribution in [2.45, 2.75) is 24.8 Å². The van der Waals surface area contributed by atoms with Gasteiger partial charge in [-0.15, -0.1) is 11.8 Å². The Hall–Kier alpha value is -1.81. The fourth-order valence-corrected chi connectivity index (χ4v) is 2.14. The lowest BCUT2D eigenvalue weighted by molar-refractivity contribution is 0.104. The molecule has 0 aliphatic carbocycles. The average molecular weight is 286 g/mol. The van der Waals surface area contributed by atoms with Gasteiger partial charge in [0.15, 0.2) is 5.78 Å². The van der Waals surface area contributed by atoms with Gasteiger partial charge in [-0.25, -0.2) is 0 Å². The fourth-order valence-electron chi connectivity index (χ4n) is 1.73. The number of hydrogen-bond donors (Lipinski definition) is 0. The van der Waals surface area contributed by atoms with Gasteiger partial charge in [0, 0.05) is 17.1 Å². The number of hydrogen-bond acceptors (Lipinski definition) is 3. The Bertz CT molecular complexity index is 612. The van der Waals surface area contributed by atoms with Gasteiger partial charge in [-0.3, -0.25) is 9.48 Å². The monoisotopic (exact) mass is 286 g/mol. The largest absolute Gasteiger partial charge is 0.289 e. The molecular weight excluding hydrogens is 268 g/mol. The van der Waals surface area contributed by atoms with E-state index in [1.54, 1.807) is 34.9 Å². The lowest BCUT2D eigenvalue weighted by Gasteiger charge is -2.02. The highest BCUT2D eigenvalue weighted by Gasteiger charge is 2.06. The number of carbonyl (C=O) groups is 1. The van der Waals surface area contributed by atoms with E-state index in [-0.39, 0.29) is 11.8 Å². The van der Waals surface area contributed by atoms with E-state index in [0.717, 1.165) is 5.56 Å². The molecule has 0 saturated carbocycles. The van der Waals surface area contributed by atoms with Crippen molar-refractivity contribution in [3.8, 4) is 0 Å². The van der Waals surface area contributed by atoms with E-state index in [4.69, 9.17) is 0 Å². The van der Waals surface area contributed by atoms with Crippen LogP contribution in [0.5, 0.6) is 0 Å². The van der Waals surface area contributed by atoms with E-state index >= 15 is 0 Å². The zero-order valence-corrected chi connectivity index (χ0v) is 12.7. The van der Waals surface area contributed by atoms with Crippen molar-refractivity contribution in [3.63, 3.8) is 0 Å². The summed E-state index contributed by atoms with van der Waals surface area (Å²) < 4.78 is 1.79. The van der Waals surface area contributed by atoms with Crippen molar-refractivity contribution in [2.75, 3.05) is 6.26 Å². The molecule has 0 saturated heterocycles. The third-order valence-corrected chi connectivity index (χ3v) is 3.70. The quantitative estimate of drug-likeness (QED) is 0.472. The molecule has 0 aliphatic heterocycles. The maximum Gasteiger partial charge on any atom is 0.189 e. The van der Waals surface area contributed by atoms with Gasteiger partial charge in [-0.05, 0) is 43.9 Å². The first kappa shape index (κ1) is 14.6. The molecule has 0 amide bonds. The number of carbonyl (C=O) groups excluding carboxylic acids is 1. The molecule has 4 heteroatoms. The molecule has 3 nitrogen and oxygen atoms in total. The number of aromatic nitrogens is 2. The summed E-state index contributed by atoms with van der Waals surface area (Å²) in [6.07, 6.45) is 8.87. The zero-order chi connectivity index (χ0) is 14.5. The van der Waals surface area contributed by atoms with Gasteiger partial charge in [0.25, 0.3) is 0 Å². The van der Waals surface area contributed by atoms with Gasteiger partial charge >= 0.3 is 0 Å². The van der Waals surface area contributed by atoms with Crippen LogP contribution >= 0.6 is 11.8 Å². The third-order valence-electron chi connectivity index (χ3n) is 2.96. The van der Waals surface area contributed by atoms with Gasteiger partial charge in [0.1, 0.15) is 0 Å². The molecule has 0 radical (unpaired) electrons. The molecule has 2 rings (SSSR count).